The van der Waals surface area contributed by atoms with Crippen molar-refractivity contribution in [2.75, 3.05) is 42.6 Å². The second kappa shape index (κ2) is 9.21. The zero-order chi connectivity index (χ0) is 23.7. The third kappa shape index (κ3) is 4.23. The summed E-state index contributed by atoms with van der Waals surface area (Å²) in [6.07, 6.45) is 0. The van der Waals surface area contributed by atoms with Crippen molar-refractivity contribution in [3.63, 3.8) is 0 Å². The van der Waals surface area contributed by atoms with Gasteiger partial charge in [-0.25, -0.2) is 0 Å². The van der Waals surface area contributed by atoms with Crippen molar-refractivity contribution in [1.82, 2.24) is 4.90 Å². The van der Waals surface area contributed by atoms with E-state index in [0.29, 0.717) is 30.9 Å². The van der Waals surface area contributed by atoms with Gasteiger partial charge in [0.15, 0.2) is 6.61 Å². The molecule has 2 heterocycles. The van der Waals surface area contributed by atoms with E-state index in [1.165, 1.54) is 16.8 Å². The highest BCUT2D eigenvalue weighted by Crippen LogP contribution is 2.32. The lowest BCUT2D eigenvalue weighted by Crippen LogP contribution is -2.49. The average Bonchev–Trinajstić information content (AvgIpc) is 2.87. The smallest absolute Gasteiger partial charge is 0.265 e. The lowest BCUT2D eigenvalue weighted by atomic mass is 10.1. The second-order valence-electron chi connectivity index (χ2n) is 8.93. The summed E-state index contributed by atoms with van der Waals surface area (Å²) in [5.41, 5.74) is 6.29. The van der Waals surface area contributed by atoms with Crippen LogP contribution >= 0.6 is 0 Å². The zero-order valence-electron chi connectivity index (χ0n) is 19.7. The van der Waals surface area contributed by atoms with Crippen LogP contribution in [0.3, 0.4) is 0 Å². The molecular formula is C28H29N3O3. The van der Waals surface area contributed by atoms with Gasteiger partial charge in [0.1, 0.15) is 5.75 Å². The van der Waals surface area contributed by atoms with E-state index in [4.69, 9.17) is 4.74 Å². The Balaban J connectivity index is 1.23. The highest BCUT2D eigenvalue weighted by Gasteiger charge is 2.26. The van der Waals surface area contributed by atoms with Gasteiger partial charge < -0.3 is 19.4 Å². The molecular weight excluding hydrogens is 426 g/mol. The molecule has 0 N–H and O–H groups in total. The van der Waals surface area contributed by atoms with Crippen LogP contribution in [0.2, 0.25) is 0 Å². The topological polar surface area (TPSA) is 53.1 Å². The molecule has 3 aromatic rings. The molecule has 6 heteroatoms. The van der Waals surface area contributed by atoms with Gasteiger partial charge in [0.2, 0.25) is 0 Å². The van der Waals surface area contributed by atoms with Crippen LogP contribution in [0.4, 0.5) is 11.4 Å². The summed E-state index contributed by atoms with van der Waals surface area (Å²) < 4.78 is 5.52. The van der Waals surface area contributed by atoms with Crippen molar-refractivity contribution >= 4 is 23.2 Å². The number of hydrogen-bond acceptors (Lipinski definition) is 4. The molecule has 0 unspecified atom stereocenters. The van der Waals surface area contributed by atoms with Crippen LogP contribution in [-0.2, 0) is 11.3 Å². The maximum atomic E-state index is 13.1. The fourth-order valence-electron chi connectivity index (χ4n) is 4.67. The fourth-order valence-corrected chi connectivity index (χ4v) is 4.67. The Hall–Kier alpha value is -3.80. The van der Waals surface area contributed by atoms with Crippen molar-refractivity contribution in [1.29, 1.82) is 0 Å². The average molecular weight is 456 g/mol. The number of ether oxygens (including phenoxy) is 1. The van der Waals surface area contributed by atoms with E-state index < -0.39 is 0 Å². The van der Waals surface area contributed by atoms with Gasteiger partial charge >= 0.3 is 0 Å². The summed E-state index contributed by atoms with van der Waals surface area (Å²) in [4.78, 5) is 31.6. The van der Waals surface area contributed by atoms with Gasteiger partial charge in [-0.2, -0.15) is 0 Å². The van der Waals surface area contributed by atoms with Crippen LogP contribution in [-0.4, -0.2) is 49.5 Å². The first-order chi connectivity index (χ1) is 16.5. The van der Waals surface area contributed by atoms with E-state index >= 15 is 0 Å². The number of para-hydroxylation sites is 2. The number of piperazine rings is 1. The van der Waals surface area contributed by atoms with E-state index in [1.807, 2.05) is 53.4 Å². The van der Waals surface area contributed by atoms with Crippen LogP contribution in [0, 0.1) is 13.8 Å². The van der Waals surface area contributed by atoms with Gasteiger partial charge in [-0.15, -0.1) is 0 Å². The van der Waals surface area contributed by atoms with E-state index in [-0.39, 0.29) is 18.4 Å². The monoisotopic (exact) mass is 455 g/mol. The first-order valence-electron chi connectivity index (χ1n) is 11.7. The molecule has 1 saturated heterocycles. The third-order valence-electron chi connectivity index (χ3n) is 6.83. The number of carbonyl (C=O) groups excluding carboxylic acids is 2. The highest BCUT2D eigenvalue weighted by atomic mass is 16.5. The molecule has 6 nitrogen and oxygen atoms in total. The van der Waals surface area contributed by atoms with Crippen LogP contribution in [0.25, 0.3) is 0 Å². The molecule has 0 bridgehead atoms. The van der Waals surface area contributed by atoms with Crippen molar-refractivity contribution < 1.29 is 14.3 Å². The number of anilines is 2. The number of nitrogens with zero attached hydrogens (tertiary/aromatic N) is 3. The van der Waals surface area contributed by atoms with Crippen LogP contribution in [0.15, 0.2) is 66.7 Å². The Bertz CT molecular complexity index is 1210. The summed E-state index contributed by atoms with van der Waals surface area (Å²) in [6, 6.07) is 21.6. The van der Waals surface area contributed by atoms with Gasteiger partial charge in [-0.3, -0.25) is 9.59 Å². The lowest BCUT2D eigenvalue weighted by molar-refractivity contribution is -0.121. The normalized spacial score (nSPS) is 15.7. The minimum Gasteiger partial charge on any atom is -0.482 e. The number of benzene rings is 3. The Morgan fingerprint density at radius 3 is 2.32 bits per heavy atom. The quantitative estimate of drug-likeness (QED) is 0.592. The number of fused-ring (bicyclic) bond motifs is 1. The molecule has 0 atom stereocenters. The molecule has 0 aromatic heterocycles. The first kappa shape index (κ1) is 22.0. The number of rotatable bonds is 4. The Morgan fingerprint density at radius 2 is 1.56 bits per heavy atom. The van der Waals surface area contributed by atoms with Gasteiger partial charge in [-0.1, -0.05) is 36.4 Å². The molecule has 34 heavy (non-hydrogen) atoms. The predicted octanol–water partition coefficient (Wildman–Crippen LogP) is 4.19. The van der Waals surface area contributed by atoms with Gasteiger partial charge in [0, 0.05) is 37.4 Å². The third-order valence-corrected chi connectivity index (χ3v) is 6.83. The molecule has 2 amide bonds. The molecule has 2 aliphatic rings. The predicted molar refractivity (Wildman–Crippen MR) is 134 cm³/mol. The van der Waals surface area contributed by atoms with Gasteiger partial charge in [0.25, 0.3) is 11.8 Å². The number of carbonyl (C=O) groups is 2. The fraction of sp³-hybridized carbons (Fsp3) is 0.286. The summed E-state index contributed by atoms with van der Waals surface area (Å²) in [5, 5.41) is 0. The SMILES string of the molecule is Cc1cccc(N2CCN(C(=O)c3ccc(CN4C(=O)COc5ccccc54)cc3)CC2)c1C. The molecule has 2 aliphatic heterocycles. The maximum Gasteiger partial charge on any atom is 0.265 e. The summed E-state index contributed by atoms with van der Waals surface area (Å²) in [6.45, 7) is 7.84. The number of aryl methyl sites for hydroxylation is 1. The molecule has 5 rings (SSSR count). The van der Waals surface area contributed by atoms with Crippen LogP contribution in [0.5, 0.6) is 5.75 Å². The van der Waals surface area contributed by atoms with Crippen molar-refractivity contribution in [2.45, 2.75) is 20.4 Å². The Morgan fingerprint density at radius 1 is 0.853 bits per heavy atom. The molecule has 0 saturated carbocycles. The zero-order valence-corrected chi connectivity index (χ0v) is 19.7. The van der Waals surface area contributed by atoms with E-state index in [1.54, 1.807) is 4.90 Å². The molecule has 174 valence electrons. The standard InChI is InChI=1S/C28H29N3O3/c1-20-6-5-8-24(21(20)2)29-14-16-30(17-15-29)28(33)23-12-10-22(11-13-23)18-31-25-7-3-4-9-26(25)34-19-27(31)32/h3-13H,14-19H2,1-2H3. The van der Waals surface area contributed by atoms with Crippen molar-refractivity contribution in [3.05, 3.63) is 89.0 Å². The van der Waals surface area contributed by atoms with Crippen LogP contribution < -0.4 is 14.5 Å². The Labute approximate surface area is 200 Å². The number of amides is 2. The first-order valence-corrected chi connectivity index (χ1v) is 11.7. The molecule has 0 radical (unpaired) electrons. The van der Waals surface area contributed by atoms with E-state index in [0.717, 1.165) is 24.3 Å². The van der Waals surface area contributed by atoms with Crippen molar-refractivity contribution in [2.24, 2.45) is 0 Å². The largest absolute Gasteiger partial charge is 0.482 e. The number of hydrogen-bond donors (Lipinski definition) is 0. The minimum atomic E-state index is -0.0689. The summed E-state index contributed by atoms with van der Waals surface area (Å²) >= 11 is 0. The van der Waals surface area contributed by atoms with E-state index in [2.05, 4.69) is 36.9 Å². The second-order valence-corrected chi connectivity index (χ2v) is 8.93. The molecule has 1 fully saturated rings. The molecule has 0 spiro atoms. The Kier molecular flexibility index (Phi) is 5.97. The summed E-state index contributed by atoms with van der Waals surface area (Å²) in [5.74, 6) is 0.703. The summed E-state index contributed by atoms with van der Waals surface area (Å²) in [7, 11) is 0. The van der Waals surface area contributed by atoms with E-state index in [9.17, 15) is 9.59 Å². The molecule has 0 aliphatic carbocycles. The lowest BCUT2D eigenvalue weighted by Gasteiger charge is -2.37. The van der Waals surface area contributed by atoms with Gasteiger partial charge in [-0.05, 0) is 60.9 Å². The molecule has 3 aromatic carbocycles. The maximum absolute atomic E-state index is 13.1. The van der Waals surface area contributed by atoms with Gasteiger partial charge in [0.05, 0.1) is 12.2 Å². The van der Waals surface area contributed by atoms with Crippen LogP contribution in [0.1, 0.15) is 27.0 Å². The minimum absolute atomic E-state index is 0.0433. The van der Waals surface area contributed by atoms with Crippen molar-refractivity contribution in [3.8, 4) is 5.75 Å². The highest BCUT2D eigenvalue weighted by molar-refractivity contribution is 5.98.